The molecule has 0 spiro atoms. The number of piperidine rings is 1. The van der Waals surface area contributed by atoms with Gasteiger partial charge in [0.15, 0.2) is 6.61 Å². The smallest absolute Gasteiger partial charge is 0.277 e. The Balaban J connectivity index is 1.48. The fourth-order valence-corrected chi connectivity index (χ4v) is 3.92. The van der Waals surface area contributed by atoms with Crippen LogP contribution in [0.15, 0.2) is 33.9 Å². The van der Waals surface area contributed by atoms with Crippen molar-refractivity contribution in [2.45, 2.75) is 57.0 Å². The van der Waals surface area contributed by atoms with E-state index in [4.69, 9.17) is 20.8 Å². The number of hydrogen-bond donors (Lipinski definition) is 0. The molecule has 1 aliphatic heterocycles. The third-order valence-electron chi connectivity index (χ3n) is 4.42. The molecule has 6 nitrogen and oxygen atoms in total. The number of halogens is 1. The molecule has 1 fully saturated rings. The Kier molecular flexibility index (Phi) is 6.43. The number of aromatic nitrogens is 2. The fraction of sp³-hybridized carbons (Fsp3) is 0.500. The average Bonchev–Trinajstić information content (AvgIpc) is 3.07. The van der Waals surface area contributed by atoms with E-state index in [2.05, 4.69) is 24.0 Å². The van der Waals surface area contributed by atoms with E-state index in [0.29, 0.717) is 27.6 Å². The van der Waals surface area contributed by atoms with Crippen molar-refractivity contribution in [2.24, 2.45) is 0 Å². The van der Waals surface area contributed by atoms with Crippen LogP contribution in [-0.2, 0) is 11.4 Å². The van der Waals surface area contributed by atoms with E-state index in [0.717, 1.165) is 12.8 Å². The summed E-state index contributed by atoms with van der Waals surface area (Å²) in [7, 11) is 0. The van der Waals surface area contributed by atoms with E-state index < -0.39 is 0 Å². The van der Waals surface area contributed by atoms with Crippen LogP contribution in [0.1, 0.15) is 39.0 Å². The van der Waals surface area contributed by atoms with Gasteiger partial charge in [0.05, 0.1) is 5.75 Å². The first-order chi connectivity index (χ1) is 12.5. The molecule has 0 N–H and O–H groups in total. The highest BCUT2D eigenvalue weighted by Gasteiger charge is 2.29. The lowest BCUT2D eigenvalue weighted by Crippen LogP contribution is -2.48. The van der Waals surface area contributed by atoms with Crippen LogP contribution in [0, 0.1) is 0 Å². The number of carbonyl (C=O) groups is 1. The van der Waals surface area contributed by atoms with Crippen LogP contribution in [0.25, 0.3) is 0 Å². The highest BCUT2D eigenvalue weighted by atomic mass is 35.5. The summed E-state index contributed by atoms with van der Waals surface area (Å²) in [6.07, 6.45) is 3.31. The van der Waals surface area contributed by atoms with Crippen LogP contribution in [0.3, 0.4) is 0 Å². The second-order valence-electron chi connectivity index (χ2n) is 6.42. The summed E-state index contributed by atoms with van der Waals surface area (Å²) < 4.78 is 11.1. The van der Waals surface area contributed by atoms with Crippen LogP contribution in [-0.4, -0.2) is 38.8 Å². The molecule has 2 atom stereocenters. The van der Waals surface area contributed by atoms with Crippen LogP contribution < -0.4 is 4.74 Å². The Bertz CT molecular complexity index is 728. The van der Waals surface area contributed by atoms with E-state index in [1.54, 1.807) is 24.3 Å². The van der Waals surface area contributed by atoms with Gasteiger partial charge in [-0.05, 0) is 57.4 Å². The zero-order valence-corrected chi connectivity index (χ0v) is 16.4. The molecule has 1 aromatic carbocycles. The van der Waals surface area contributed by atoms with Gasteiger partial charge in [0, 0.05) is 17.1 Å². The molecule has 3 rings (SSSR count). The number of nitrogens with zero attached hydrogens (tertiary/aromatic N) is 3. The molecule has 2 aromatic rings. The van der Waals surface area contributed by atoms with Crippen molar-refractivity contribution in [1.82, 2.24) is 15.1 Å². The van der Waals surface area contributed by atoms with Crippen LogP contribution in [0.5, 0.6) is 5.75 Å². The van der Waals surface area contributed by atoms with Gasteiger partial charge in [-0.1, -0.05) is 23.4 Å². The van der Waals surface area contributed by atoms with Crippen molar-refractivity contribution >= 4 is 29.3 Å². The van der Waals surface area contributed by atoms with Crippen molar-refractivity contribution in [2.75, 3.05) is 5.75 Å². The summed E-state index contributed by atoms with van der Waals surface area (Å²) >= 11 is 7.10. The Labute approximate surface area is 162 Å². The first-order valence-corrected chi connectivity index (χ1v) is 10.0. The molecule has 0 bridgehead atoms. The molecule has 140 valence electrons. The lowest BCUT2D eigenvalue weighted by Gasteiger charge is -2.39. The van der Waals surface area contributed by atoms with Crippen molar-refractivity contribution in [3.8, 4) is 5.75 Å². The molecule has 1 saturated heterocycles. The maximum atomic E-state index is 12.5. The molecular weight excluding hydrogens is 374 g/mol. The van der Waals surface area contributed by atoms with Gasteiger partial charge < -0.3 is 14.1 Å². The Morgan fingerprint density at radius 3 is 2.65 bits per heavy atom. The first kappa shape index (κ1) is 19.0. The van der Waals surface area contributed by atoms with Gasteiger partial charge in [0.2, 0.25) is 5.91 Å². The van der Waals surface area contributed by atoms with Crippen molar-refractivity contribution in [1.29, 1.82) is 0 Å². The van der Waals surface area contributed by atoms with Gasteiger partial charge in [-0.25, -0.2) is 0 Å². The molecule has 1 amide bonds. The summed E-state index contributed by atoms with van der Waals surface area (Å²) in [4.78, 5) is 14.5. The van der Waals surface area contributed by atoms with E-state index in [1.165, 1.54) is 18.2 Å². The van der Waals surface area contributed by atoms with Crippen molar-refractivity contribution in [3.63, 3.8) is 0 Å². The van der Waals surface area contributed by atoms with E-state index in [9.17, 15) is 4.79 Å². The van der Waals surface area contributed by atoms with Gasteiger partial charge in [0.1, 0.15) is 5.75 Å². The molecular formula is C18H22ClN3O3S. The number of carbonyl (C=O) groups excluding carboxylic acids is 1. The Hall–Kier alpha value is -1.73. The molecule has 8 heteroatoms. The maximum absolute atomic E-state index is 12.5. The predicted molar refractivity (Wildman–Crippen MR) is 100 cm³/mol. The van der Waals surface area contributed by atoms with Crippen molar-refractivity contribution < 1.29 is 13.9 Å². The number of amides is 1. The van der Waals surface area contributed by atoms with Crippen LogP contribution >= 0.6 is 23.4 Å². The third kappa shape index (κ3) is 4.92. The van der Waals surface area contributed by atoms with E-state index in [-0.39, 0.29) is 24.6 Å². The second-order valence-corrected chi connectivity index (χ2v) is 7.79. The number of likely N-dealkylation sites (tertiary alicyclic amines) is 1. The van der Waals surface area contributed by atoms with E-state index >= 15 is 0 Å². The lowest BCUT2D eigenvalue weighted by molar-refractivity contribution is -0.134. The highest BCUT2D eigenvalue weighted by Crippen LogP contribution is 2.25. The second kappa shape index (κ2) is 8.77. The topological polar surface area (TPSA) is 68.5 Å². The molecule has 1 aliphatic rings. The van der Waals surface area contributed by atoms with Gasteiger partial charge in [-0.3, -0.25) is 4.79 Å². The number of benzene rings is 1. The molecule has 2 heterocycles. The highest BCUT2D eigenvalue weighted by molar-refractivity contribution is 7.99. The van der Waals surface area contributed by atoms with Gasteiger partial charge in [-0.2, -0.15) is 0 Å². The molecule has 0 aliphatic carbocycles. The number of thioether (sulfide) groups is 1. The summed E-state index contributed by atoms with van der Waals surface area (Å²) in [5.74, 6) is 1.46. The first-order valence-electron chi connectivity index (χ1n) is 8.67. The minimum Gasteiger partial charge on any atom is -0.484 e. The van der Waals surface area contributed by atoms with Crippen LogP contribution in [0.2, 0.25) is 5.02 Å². The SMILES string of the molecule is CC1CCCC(C)N1C(=O)CSc1nnc(COc2ccc(Cl)cc2)o1. The predicted octanol–water partition coefficient (Wildman–Crippen LogP) is 4.18. The number of hydrogen-bond acceptors (Lipinski definition) is 6. The zero-order chi connectivity index (χ0) is 18.5. The van der Waals surface area contributed by atoms with Gasteiger partial charge in [0.25, 0.3) is 11.1 Å². The number of ether oxygens (including phenoxy) is 1. The fourth-order valence-electron chi connectivity index (χ4n) is 3.14. The quantitative estimate of drug-likeness (QED) is 0.683. The normalized spacial score (nSPS) is 20.2. The standard InChI is InChI=1S/C18H22ClN3O3S/c1-12-4-3-5-13(2)22(12)17(23)11-26-18-21-20-16(25-18)10-24-15-8-6-14(19)7-9-15/h6-9,12-13H,3-5,10-11H2,1-2H3. The molecule has 0 radical (unpaired) electrons. The van der Waals surface area contributed by atoms with Crippen molar-refractivity contribution in [3.05, 3.63) is 35.2 Å². The number of rotatable bonds is 6. The monoisotopic (exact) mass is 395 g/mol. The summed E-state index contributed by atoms with van der Waals surface area (Å²) in [6, 6.07) is 7.62. The summed E-state index contributed by atoms with van der Waals surface area (Å²) in [5, 5.41) is 8.96. The molecule has 2 unspecified atom stereocenters. The maximum Gasteiger partial charge on any atom is 0.277 e. The van der Waals surface area contributed by atoms with Crippen LogP contribution in [0.4, 0.5) is 0 Å². The molecule has 26 heavy (non-hydrogen) atoms. The summed E-state index contributed by atoms with van der Waals surface area (Å²) in [6.45, 7) is 4.39. The molecule has 0 saturated carbocycles. The third-order valence-corrected chi connectivity index (χ3v) is 5.48. The van der Waals surface area contributed by atoms with Gasteiger partial charge >= 0.3 is 0 Å². The largest absolute Gasteiger partial charge is 0.484 e. The Morgan fingerprint density at radius 2 is 1.96 bits per heavy atom. The lowest BCUT2D eigenvalue weighted by atomic mass is 9.98. The molecule has 1 aromatic heterocycles. The average molecular weight is 396 g/mol. The Morgan fingerprint density at radius 1 is 1.27 bits per heavy atom. The summed E-state index contributed by atoms with van der Waals surface area (Å²) in [5.41, 5.74) is 0. The minimum atomic E-state index is 0.117. The minimum absolute atomic E-state index is 0.117. The zero-order valence-electron chi connectivity index (χ0n) is 14.9. The van der Waals surface area contributed by atoms with Gasteiger partial charge in [-0.15, -0.1) is 10.2 Å². The van der Waals surface area contributed by atoms with E-state index in [1.807, 2.05) is 4.90 Å².